The van der Waals surface area contributed by atoms with Crippen LogP contribution in [0.15, 0.2) is 18.2 Å². The molecule has 0 saturated carbocycles. The van der Waals surface area contributed by atoms with Gasteiger partial charge in [-0.2, -0.15) is 0 Å². The Morgan fingerprint density at radius 2 is 2.29 bits per heavy atom. The summed E-state index contributed by atoms with van der Waals surface area (Å²) < 4.78 is 18.0. The van der Waals surface area contributed by atoms with Crippen molar-refractivity contribution < 1.29 is 14.2 Å². The Bertz CT molecular complexity index is 304. The van der Waals surface area contributed by atoms with Gasteiger partial charge in [-0.15, -0.1) is 0 Å². The number of benzene rings is 1. The Kier molecular flexibility index (Phi) is 3.85. The number of aryl methyl sites for hydroxylation is 1. The van der Waals surface area contributed by atoms with E-state index in [9.17, 15) is 4.39 Å². The largest absolute Gasteiger partial charge is 0.492 e. The van der Waals surface area contributed by atoms with Crippen LogP contribution in [0.25, 0.3) is 0 Å². The van der Waals surface area contributed by atoms with Crippen LogP contribution in [0.1, 0.15) is 5.56 Å². The smallest absolute Gasteiger partial charge is 0.123 e. The fourth-order valence-corrected chi connectivity index (χ4v) is 1.02. The van der Waals surface area contributed by atoms with Crippen molar-refractivity contribution in [3.63, 3.8) is 0 Å². The summed E-state index contributed by atoms with van der Waals surface area (Å²) in [5, 5.41) is 8.66. The number of rotatable bonds is 4. The van der Waals surface area contributed by atoms with E-state index in [4.69, 9.17) is 15.6 Å². The highest BCUT2D eigenvalue weighted by Gasteiger charge is 2.04. The van der Waals surface area contributed by atoms with Gasteiger partial charge < -0.3 is 15.6 Å². The molecule has 1 aromatic rings. The van der Waals surface area contributed by atoms with E-state index in [0.717, 1.165) is 5.56 Å². The van der Waals surface area contributed by atoms with Crippen molar-refractivity contribution in [2.75, 3.05) is 13.2 Å². The molecular weight excluding hydrogens is 185 g/mol. The Labute approximate surface area is 82.3 Å². The van der Waals surface area contributed by atoms with Gasteiger partial charge in [-0.3, -0.25) is 0 Å². The maximum Gasteiger partial charge on any atom is 0.123 e. The van der Waals surface area contributed by atoms with E-state index in [2.05, 4.69) is 0 Å². The Morgan fingerprint density at radius 3 is 2.86 bits per heavy atom. The number of halogens is 1. The summed E-state index contributed by atoms with van der Waals surface area (Å²) in [6.45, 7) is 1.85. The highest BCUT2D eigenvalue weighted by molar-refractivity contribution is 5.32. The summed E-state index contributed by atoms with van der Waals surface area (Å²) in [6.07, 6.45) is 0. The Morgan fingerprint density at radius 1 is 1.57 bits per heavy atom. The molecular formula is C10H14FNO2. The molecule has 0 fully saturated rings. The van der Waals surface area contributed by atoms with E-state index >= 15 is 0 Å². The van der Waals surface area contributed by atoms with Gasteiger partial charge in [-0.25, -0.2) is 4.39 Å². The lowest BCUT2D eigenvalue weighted by Gasteiger charge is -2.12. The fraction of sp³-hybridized carbons (Fsp3) is 0.400. The molecule has 0 spiro atoms. The molecule has 3 nitrogen and oxygen atoms in total. The van der Waals surface area contributed by atoms with Crippen LogP contribution in [0.3, 0.4) is 0 Å². The van der Waals surface area contributed by atoms with Crippen molar-refractivity contribution in [3.8, 4) is 5.75 Å². The zero-order valence-electron chi connectivity index (χ0n) is 8.03. The minimum atomic E-state index is -0.403. The topological polar surface area (TPSA) is 55.5 Å². The molecule has 0 amide bonds. The van der Waals surface area contributed by atoms with Gasteiger partial charge in [0.05, 0.1) is 12.6 Å². The van der Waals surface area contributed by atoms with E-state index in [-0.39, 0.29) is 19.0 Å². The second-order valence-electron chi connectivity index (χ2n) is 3.16. The molecule has 0 aliphatic heterocycles. The third-order valence-corrected chi connectivity index (χ3v) is 1.82. The van der Waals surface area contributed by atoms with Crippen molar-refractivity contribution in [1.82, 2.24) is 0 Å². The Balaban J connectivity index is 2.59. The molecule has 14 heavy (non-hydrogen) atoms. The van der Waals surface area contributed by atoms with Crippen LogP contribution in [0, 0.1) is 12.7 Å². The molecule has 4 heteroatoms. The molecule has 1 rings (SSSR count). The molecule has 78 valence electrons. The first-order valence-electron chi connectivity index (χ1n) is 4.39. The van der Waals surface area contributed by atoms with Crippen molar-refractivity contribution in [3.05, 3.63) is 29.6 Å². The van der Waals surface area contributed by atoms with Crippen molar-refractivity contribution >= 4 is 0 Å². The molecule has 0 aliphatic rings. The molecule has 1 unspecified atom stereocenters. The van der Waals surface area contributed by atoms with E-state index in [1.807, 2.05) is 0 Å². The van der Waals surface area contributed by atoms with Crippen LogP contribution >= 0.6 is 0 Å². The van der Waals surface area contributed by atoms with Gasteiger partial charge in [0, 0.05) is 0 Å². The van der Waals surface area contributed by atoms with E-state index in [1.54, 1.807) is 13.0 Å². The molecule has 3 N–H and O–H groups in total. The van der Waals surface area contributed by atoms with Gasteiger partial charge in [0.25, 0.3) is 0 Å². The zero-order chi connectivity index (χ0) is 10.6. The highest BCUT2D eigenvalue weighted by atomic mass is 19.1. The first kappa shape index (κ1) is 10.9. The summed E-state index contributed by atoms with van der Waals surface area (Å²) >= 11 is 0. The number of hydrogen-bond acceptors (Lipinski definition) is 3. The van der Waals surface area contributed by atoms with Gasteiger partial charge in [0.1, 0.15) is 18.2 Å². The van der Waals surface area contributed by atoms with Gasteiger partial charge in [-0.1, -0.05) is 0 Å². The zero-order valence-corrected chi connectivity index (χ0v) is 8.03. The average Bonchev–Trinajstić information content (AvgIpc) is 2.16. The van der Waals surface area contributed by atoms with Crippen LogP contribution in [0.5, 0.6) is 5.75 Å². The number of nitrogens with two attached hydrogens (primary N) is 1. The van der Waals surface area contributed by atoms with Crippen molar-refractivity contribution in [2.45, 2.75) is 13.0 Å². The summed E-state index contributed by atoms with van der Waals surface area (Å²) in [6, 6.07) is 3.86. The first-order chi connectivity index (χ1) is 6.63. The highest BCUT2D eigenvalue weighted by Crippen LogP contribution is 2.18. The summed E-state index contributed by atoms with van der Waals surface area (Å²) in [5.74, 6) is 0.302. The molecule has 0 aromatic heterocycles. The number of aliphatic hydroxyl groups excluding tert-OH is 1. The standard InChI is InChI=1S/C10H14FNO2/c1-7-4-8(11)2-3-10(7)14-6-9(12)5-13/h2-4,9,13H,5-6,12H2,1H3. The van der Waals surface area contributed by atoms with Crippen LogP contribution in [-0.2, 0) is 0 Å². The SMILES string of the molecule is Cc1cc(F)ccc1OCC(N)CO. The molecule has 1 atom stereocenters. The van der Waals surface area contributed by atoms with E-state index in [0.29, 0.717) is 5.75 Å². The fourth-order valence-electron chi connectivity index (χ4n) is 1.02. The van der Waals surface area contributed by atoms with Gasteiger partial charge in [0.2, 0.25) is 0 Å². The van der Waals surface area contributed by atoms with E-state index in [1.165, 1.54) is 12.1 Å². The normalized spacial score (nSPS) is 12.6. The first-order valence-corrected chi connectivity index (χ1v) is 4.39. The lowest BCUT2D eigenvalue weighted by atomic mass is 10.2. The maximum atomic E-state index is 12.7. The molecule has 0 radical (unpaired) electrons. The van der Waals surface area contributed by atoms with Crippen LogP contribution in [0.2, 0.25) is 0 Å². The van der Waals surface area contributed by atoms with Crippen LogP contribution in [0.4, 0.5) is 4.39 Å². The average molecular weight is 199 g/mol. The third kappa shape index (κ3) is 2.97. The minimum absolute atomic E-state index is 0.125. The summed E-state index contributed by atoms with van der Waals surface area (Å²) in [5.41, 5.74) is 6.17. The van der Waals surface area contributed by atoms with Crippen LogP contribution in [-0.4, -0.2) is 24.4 Å². The molecule has 0 aliphatic carbocycles. The number of hydrogen-bond donors (Lipinski definition) is 2. The molecule has 1 aromatic carbocycles. The van der Waals surface area contributed by atoms with Crippen LogP contribution < -0.4 is 10.5 Å². The predicted molar refractivity (Wildman–Crippen MR) is 51.7 cm³/mol. The van der Waals surface area contributed by atoms with Crippen molar-refractivity contribution in [1.29, 1.82) is 0 Å². The monoisotopic (exact) mass is 199 g/mol. The number of ether oxygens (including phenoxy) is 1. The van der Waals surface area contributed by atoms with Gasteiger partial charge in [0.15, 0.2) is 0 Å². The molecule has 0 saturated heterocycles. The molecule has 0 heterocycles. The number of aliphatic hydroxyl groups is 1. The Hall–Kier alpha value is -1.13. The van der Waals surface area contributed by atoms with Gasteiger partial charge in [-0.05, 0) is 30.7 Å². The lowest BCUT2D eigenvalue weighted by Crippen LogP contribution is -2.31. The lowest BCUT2D eigenvalue weighted by molar-refractivity contribution is 0.206. The second-order valence-corrected chi connectivity index (χ2v) is 3.16. The summed E-state index contributed by atoms with van der Waals surface area (Å²) in [7, 11) is 0. The summed E-state index contributed by atoms with van der Waals surface area (Å²) in [4.78, 5) is 0. The van der Waals surface area contributed by atoms with Crippen molar-refractivity contribution in [2.24, 2.45) is 5.73 Å². The van der Waals surface area contributed by atoms with E-state index < -0.39 is 6.04 Å². The third-order valence-electron chi connectivity index (χ3n) is 1.82. The quantitative estimate of drug-likeness (QED) is 0.755. The maximum absolute atomic E-state index is 12.7. The minimum Gasteiger partial charge on any atom is -0.492 e. The molecule has 0 bridgehead atoms. The predicted octanol–water partition coefficient (Wildman–Crippen LogP) is 0.833. The second kappa shape index (κ2) is 4.93. The van der Waals surface area contributed by atoms with Gasteiger partial charge >= 0.3 is 0 Å².